The van der Waals surface area contributed by atoms with Crippen LogP contribution in [0, 0.1) is 0 Å². The molecule has 1 saturated carbocycles. The molecular weight excluding hydrogens is 240 g/mol. The number of hydrogen-bond acceptors (Lipinski definition) is 3. The Labute approximate surface area is 106 Å². The minimum absolute atomic E-state index is 0.366. The maximum Gasteiger partial charge on any atom is 0.329 e. The third kappa shape index (κ3) is 4.85. The molecule has 1 fully saturated rings. The zero-order valence-corrected chi connectivity index (χ0v) is 10.9. The maximum absolute atomic E-state index is 11.4. The van der Waals surface area contributed by atoms with Crippen LogP contribution in [0.2, 0.25) is 0 Å². The summed E-state index contributed by atoms with van der Waals surface area (Å²) < 4.78 is 0. The molecule has 1 rings (SSSR count). The number of nitrogens with one attached hydrogen (secondary N) is 2. The first-order valence-electron chi connectivity index (χ1n) is 5.89. The van der Waals surface area contributed by atoms with Gasteiger partial charge in [0.1, 0.15) is 5.54 Å². The smallest absolute Gasteiger partial charge is 0.329 e. The Kier molecular flexibility index (Phi) is 5.61. The van der Waals surface area contributed by atoms with E-state index in [1.54, 1.807) is 0 Å². The average Bonchev–Trinajstić information content (AvgIpc) is 3.04. The highest BCUT2D eigenvalue weighted by molar-refractivity contribution is 7.98. The van der Waals surface area contributed by atoms with Crippen LogP contribution < -0.4 is 10.6 Å². The van der Waals surface area contributed by atoms with Gasteiger partial charge in [-0.2, -0.15) is 11.8 Å². The number of amides is 2. The predicted octanol–water partition coefficient (Wildman–Crippen LogP) is 1.44. The predicted molar refractivity (Wildman–Crippen MR) is 68.4 cm³/mol. The summed E-state index contributed by atoms with van der Waals surface area (Å²) in [6.45, 7) is 0.607. The van der Waals surface area contributed by atoms with Crippen molar-refractivity contribution in [2.75, 3.05) is 18.6 Å². The van der Waals surface area contributed by atoms with Gasteiger partial charge in [-0.3, -0.25) is 0 Å². The number of aliphatic carboxylic acids is 1. The van der Waals surface area contributed by atoms with Crippen molar-refractivity contribution in [3.05, 3.63) is 0 Å². The van der Waals surface area contributed by atoms with Crippen LogP contribution in [0.1, 0.15) is 32.1 Å². The molecule has 0 atom stereocenters. The first kappa shape index (κ1) is 14.2. The van der Waals surface area contributed by atoms with Crippen molar-refractivity contribution in [1.29, 1.82) is 0 Å². The summed E-state index contributed by atoms with van der Waals surface area (Å²) >= 11 is 1.82. The minimum Gasteiger partial charge on any atom is -0.480 e. The highest BCUT2D eigenvalue weighted by Crippen LogP contribution is 2.35. The van der Waals surface area contributed by atoms with Gasteiger partial charge in [-0.15, -0.1) is 0 Å². The lowest BCUT2D eigenvalue weighted by molar-refractivity contribution is -0.140. The summed E-state index contributed by atoms with van der Waals surface area (Å²) in [5.41, 5.74) is -0.983. The van der Waals surface area contributed by atoms with Gasteiger partial charge in [-0.05, 0) is 37.7 Å². The largest absolute Gasteiger partial charge is 0.480 e. The molecule has 17 heavy (non-hydrogen) atoms. The van der Waals surface area contributed by atoms with Crippen LogP contribution in [0.5, 0.6) is 0 Å². The minimum atomic E-state index is -0.983. The molecule has 0 saturated heterocycles. The van der Waals surface area contributed by atoms with E-state index in [-0.39, 0.29) is 6.03 Å². The number of hydrogen-bond donors (Lipinski definition) is 3. The Bertz CT molecular complexity index is 280. The summed E-state index contributed by atoms with van der Waals surface area (Å²) in [4.78, 5) is 22.2. The van der Waals surface area contributed by atoms with Gasteiger partial charge in [0.05, 0.1) is 0 Å². The molecule has 1 aliphatic rings. The van der Waals surface area contributed by atoms with E-state index in [0.29, 0.717) is 19.4 Å². The van der Waals surface area contributed by atoms with Crippen LogP contribution in [0.4, 0.5) is 4.79 Å². The van der Waals surface area contributed by atoms with Crippen LogP contribution >= 0.6 is 11.8 Å². The normalized spacial score (nSPS) is 16.3. The summed E-state index contributed by atoms with van der Waals surface area (Å²) in [6, 6.07) is -0.366. The standard InChI is InChI=1S/C11H20N2O3S/c1-17-8-4-2-3-7-12-10(16)13-11(5-6-11)9(14)15/h2-8H2,1H3,(H,14,15)(H2,12,13,16). The topological polar surface area (TPSA) is 78.4 Å². The van der Waals surface area contributed by atoms with Gasteiger partial charge < -0.3 is 15.7 Å². The fourth-order valence-corrected chi connectivity index (χ4v) is 2.02. The second-order valence-electron chi connectivity index (χ2n) is 4.32. The Balaban J connectivity index is 2.04. The van der Waals surface area contributed by atoms with Gasteiger partial charge in [-0.25, -0.2) is 9.59 Å². The van der Waals surface area contributed by atoms with Crippen molar-refractivity contribution in [2.24, 2.45) is 0 Å². The monoisotopic (exact) mass is 260 g/mol. The molecule has 98 valence electrons. The lowest BCUT2D eigenvalue weighted by Crippen LogP contribution is -2.48. The number of carboxylic acids is 1. The van der Waals surface area contributed by atoms with E-state index in [1.807, 2.05) is 11.8 Å². The molecule has 0 aromatic carbocycles. The van der Waals surface area contributed by atoms with Crippen molar-refractivity contribution in [3.8, 4) is 0 Å². The lowest BCUT2D eigenvalue weighted by Gasteiger charge is -2.13. The molecule has 0 aromatic rings. The van der Waals surface area contributed by atoms with E-state index in [9.17, 15) is 9.59 Å². The van der Waals surface area contributed by atoms with Gasteiger partial charge in [0.25, 0.3) is 0 Å². The van der Waals surface area contributed by atoms with Gasteiger partial charge in [0, 0.05) is 6.54 Å². The third-order valence-electron chi connectivity index (χ3n) is 2.82. The van der Waals surface area contributed by atoms with Crippen molar-refractivity contribution in [2.45, 2.75) is 37.6 Å². The van der Waals surface area contributed by atoms with E-state index in [4.69, 9.17) is 5.11 Å². The van der Waals surface area contributed by atoms with Crippen LogP contribution in [-0.2, 0) is 4.79 Å². The first-order chi connectivity index (χ1) is 8.10. The molecule has 0 radical (unpaired) electrons. The van der Waals surface area contributed by atoms with E-state index in [2.05, 4.69) is 16.9 Å². The summed E-state index contributed by atoms with van der Waals surface area (Å²) in [5, 5.41) is 14.1. The maximum atomic E-state index is 11.4. The zero-order chi connectivity index (χ0) is 12.7. The Morgan fingerprint density at radius 3 is 2.53 bits per heavy atom. The van der Waals surface area contributed by atoms with Crippen LogP contribution in [-0.4, -0.2) is 41.2 Å². The molecular formula is C11H20N2O3S. The van der Waals surface area contributed by atoms with Crippen LogP contribution in [0.15, 0.2) is 0 Å². The van der Waals surface area contributed by atoms with Crippen molar-refractivity contribution in [1.82, 2.24) is 10.6 Å². The molecule has 0 bridgehead atoms. The SMILES string of the molecule is CSCCCCCNC(=O)NC1(C(=O)O)CC1. The molecule has 0 heterocycles. The summed E-state index contributed by atoms with van der Waals surface area (Å²) in [5.74, 6) is 0.210. The lowest BCUT2D eigenvalue weighted by atomic mass is 10.2. The Morgan fingerprint density at radius 1 is 1.29 bits per heavy atom. The molecule has 0 aromatic heterocycles. The molecule has 0 aliphatic heterocycles. The summed E-state index contributed by atoms with van der Waals surface area (Å²) in [6.07, 6.45) is 6.32. The van der Waals surface area contributed by atoms with Gasteiger partial charge in [0.15, 0.2) is 0 Å². The highest BCUT2D eigenvalue weighted by atomic mass is 32.2. The van der Waals surface area contributed by atoms with E-state index in [1.165, 1.54) is 0 Å². The van der Waals surface area contributed by atoms with E-state index < -0.39 is 11.5 Å². The van der Waals surface area contributed by atoms with E-state index >= 15 is 0 Å². The Hall–Kier alpha value is -0.910. The van der Waals surface area contributed by atoms with Gasteiger partial charge in [0.2, 0.25) is 0 Å². The summed E-state index contributed by atoms with van der Waals surface area (Å²) in [7, 11) is 0. The van der Waals surface area contributed by atoms with E-state index in [0.717, 1.165) is 25.0 Å². The number of carbonyl (C=O) groups excluding carboxylic acids is 1. The molecule has 6 heteroatoms. The molecule has 3 N–H and O–H groups in total. The molecule has 0 spiro atoms. The second kappa shape index (κ2) is 6.74. The third-order valence-corrected chi connectivity index (χ3v) is 3.52. The molecule has 5 nitrogen and oxygen atoms in total. The van der Waals surface area contributed by atoms with Crippen molar-refractivity contribution >= 4 is 23.8 Å². The molecule has 0 unspecified atom stereocenters. The highest BCUT2D eigenvalue weighted by Gasteiger charge is 2.51. The molecule has 2 amide bonds. The number of carbonyl (C=O) groups is 2. The van der Waals surface area contributed by atoms with Crippen molar-refractivity contribution in [3.63, 3.8) is 0 Å². The number of thioether (sulfide) groups is 1. The Morgan fingerprint density at radius 2 is 2.00 bits per heavy atom. The first-order valence-corrected chi connectivity index (χ1v) is 7.28. The average molecular weight is 260 g/mol. The van der Waals surface area contributed by atoms with Crippen LogP contribution in [0.3, 0.4) is 0 Å². The number of urea groups is 1. The van der Waals surface area contributed by atoms with Crippen molar-refractivity contribution < 1.29 is 14.7 Å². The number of unbranched alkanes of at least 4 members (excludes halogenated alkanes) is 2. The number of rotatable bonds is 8. The fourth-order valence-electron chi connectivity index (χ4n) is 1.53. The van der Waals surface area contributed by atoms with Gasteiger partial charge >= 0.3 is 12.0 Å². The molecule has 1 aliphatic carbocycles. The quantitative estimate of drug-likeness (QED) is 0.577. The van der Waals surface area contributed by atoms with Gasteiger partial charge in [-0.1, -0.05) is 6.42 Å². The van der Waals surface area contributed by atoms with Crippen LogP contribution in [0.25, 0.3) is 0 Å². The zero-order valence-electron chi connectivity index (χ0n) is 10.1. The second-order valence-corrected chi connectivity index (χ2v) is 5.31. The fraction of sp³-hybridized carbons (Fsp3) is 0.818. The number of carboxylic acid groups (broad SMARTS) is 1.